The number of rotatable bonds is 4. The monoisotopic (exact) mass is 446 g/mol. The number of carbonyl (C=O) groups excluding carboxylic acids is 1. The maximum atomic E-state index is 12.6. The molecular formula is C27H22N6O. The summed E-state index contributed by atoms with van der Waals surface area (Å²) >= 11 is 0. The van der Waals surface area contributed by atoms with Gasteiger partial charge in [-0.05, 0) is 79.6 Å². The van der Waals surface area contributed by atoms with Gasteiger partial charge in [-0.2, -0.15) is 0 Å². The van der Waals surface area contributed by atoms with Crippen molar-refractivity contribution in [2.75, 3.05) is 10.6 Å². The van der Waals surface area contributed by atoms with Crippen LogP contribution in [0.25, 0.3) is 33.8 Å². The predicted molar refractivity (Wildman–Crippen MR) is 135 cm³/mol. The fourth-order valence-corrected chi connectivity index (χ4v) is 3.61. The fraction of sp³-hybridized carbons (Fsp3) is 0.0741. The Labute approximate surface area is 197 Å². The number of benzene rings is 2. The Kier molecular flexibility index (Phi) is 5.66. The Morgan fingerprint density at radius 2 is 1.24 bits per heavy atom. The number of urea groups is 1. The Hall–Kier alpha value is -4.65. The first-order valence-electron chi connectivity index (χ1n) is 10.9. The van der Waals surface area contributed by atoms with Crippen LogP contribution in [0.1, 0.15) is 11.1 Å². The average molecular weight is 447 g/mol. The van der Waals surface area contributed by atoms with Crippen LogP contribution in [0, 0.1) is 13.8 Å². The summed E-state index contributed by atoms with van der Waals surface area (Å²) in [5.41, 5.74) is 7.67. The van der Waals surface area contributed by atoms with E-state index in [1.807, 2.05) is 74.5 Å². The quantitative estimate of drug-likeness (QED) is 0.352. The molecule has 2 amide bonds. The van der Waals surface area contributed by atoms with Gasteiger partial charge in [0.2, 0.25) is 0 Å². The van der Waals surface area contributed by atoms with Gasteiger partial charge < -0.3 is 10.6 Å². The topological polar surface area (TPSA) is 92.7 Å². The van der Waals surface area contributed by atoms with Crippen molar-refractivity contribution in [1.29, 1.82) is 0 Å². The summed E-state index contributed by atoms with van der Waals surface area (Å²) in [4.78, 5) is 31.2. The molecule has 2 N–H and O–H groups in total. The highest BCUT2D eigenvalue weighted by Crippen LogP contribution is 2.29. The van der Waals surface area contributed by atoms with Gasteiger partial charge in [0.05, 0.1) is 22.4 Å². The lowest BCUT2D eigenvalue weighted by atomic mass is 10.1. The van der Waals surface area contributed by atoms with Crippen molar-refractivity contribution in [3.63, 3.8) is 0 Å². The van der Waals surface area contributed by atoms with Crippen LogP contribution in [0.4, 0.5) is 16.2 Å². The number of amides is 2. The molecule has 2 aromatic carbocycles. The van der Waals surface area contributed by atoms with Gasteiger partial charge in [-0.3, -0.25) is 9.97 Å². The summed E-state index contributed by atoms with van der Waals surface area (Å²) in [5, 5.41) is 5.75. The lowest BCUT2D eigenvalue weighted by Crippen LogP contribution is -2.19. The number of aryl methyl sites for hydroxylation is 2. The largest absolute Gasteiger partial charge is 0.323 e. The summed E-state index contributed by atoms with van der Waals surface area (Å²) in [7, 11) is 0. The maximum absolute atomic E-state index is 12.6. The number of nitrogens with one attached hydrogen (secondary N) is 2. The zero-order valence-corrected chi connectivity index (χ0v) is 18.8. The van der Waals surface area contributed by atoms with E-state index in [1.54, 1.807) is 24.5 Å². The number of pyridine rings is 2. The number of hydrogen-bond acceptors (Lipinski definition) is 5. The van der Waals surface area contributed by atoms with Gasteiger partial charge in [-0.15, -0.1) is 0 Å². The second-order valence-corrected chi connectivity index (χ2v) is 7.93. The molecule has 0 aliphatic rings. The lowest BCUT2D eigenvalue weighted by Gasteiger charge is -2.12. The van der Waals surface area contributed by atoms with Gasteiger partial charge in [-0.25, -0.2) is 14.8 Å². The molecule has 0 atom stereocenters. The van der Waals surface area contributed by atoms with E-state index in [0.29, 0.717) is 39.5 Å². The smallest absolute Gasteiger partial charge is 0.308 e. The Morgan fingerprint density at radius 1 is 0.647 bits per heavy atom. The molecule has 166 valence electrons. The lowest BCUT2D eigenvalue weighted by molar-refractivity contribution is 0.262. The second kappa shape index (κ2) is 9.07. The van der Waals surface area contributed by atoms with Gasteiger partial charge in [0.1, 0.15) is 11.4 Å². The standard InChI is InChI=1S/C27H22N6O/c1-17-9-10-19(15-18(17)2)30-27(34)31-20-11-12-21-24(16-20)33-26(23-8-4-6-14-29-23)25(32-21)22-7-3-5-13-28-22/h3-16H,1-2H3,(H2,30,31,34). The number of carbonyl (C=O) groups is 1. The zero-order chi connectivity index (χ0) is 23.5. The number of nitrogens with zero attached hydrogens (tertiary/aromatic N) is 4. The van der Waals surface area contributed by atoms with Crippen molar-refractivity contribution in [2.24, 2.45) is 0 Å². The molecule has 34 heavy (non-hydrogen) atoms. The molecule has 0 saturated heterocycles. The van der Waals surface area contributed by atoms with Crippen LogP contribution >= 0.6 is 0 Å². The van der Waals surface area contributed by atoms with Crippen LogP contribution in [0.15, 0.2) is 85.2 Å². The first kappa shape index (κ1) is 21.2. The van der Waals surface area contributed by atoms with E-state index in [2.05, 4.69) is 20.6 Å². The third kappa shape index (κ3) is 4.45. The fourth-order valence-electron chi connectivity index (χ4n) is 3.61. The molecule has 3 aromatic heterocycles. The van der Waals surface area contributed by atoms with Crippen molar-refractivity contribution >= 4 is 28.4 Å². The van der Waals surface area contributed by atoms with Crippen LogP contribution in [-0.2, 0) is 0 Å². The summed E-state index contributed by atoms with van der Waals surface area (Å²) in [6.45, 7) is 4.05. The molecule has 5 aromatic rings. The van der Waals surface area contributed by atoms with Gasteiger partial charge >= 0.3 is 6.03 Å². The molecule has 7 heteroatoms. The van der Waals surface area contributed by atoms with E-state index in [0.717, 1.165) is 11.3 Å². The number of aromatic nitrogens is 4. The molecule has 5 rings (SSSR count). The SMILES string of the molecule is Cc1ccc(NC(=O)Nc2ccc3nc(-c4ccccn4)c(-c4ccccn4)nc3c2)cc1C. The molecular weight excluding hydrogens is 424 g/mol. The maximum Gasteiger partial charge on any atom is 0.323 e. The van der Waals surface area contributed by atoms with Crippen LogP contribution in [0.5, 0.6) is 0 Å². The molecule has 0 bridgehead atoms. The van der Waals surface area contributed by atoms with Gasteiger partial charge in [-0.1, -0.05) is 18.2 Å². The molecule has 7 nitrogen and oxygen atoms in total. The zero-order valence-electron chi connectivity index (χ0n) is 18.8. The summed E-state index contributed by atoms with van der Waals surface area (Å²) in [6.07, 6.45) is 3.45. The van der Waals surface area contributed by atoms with Gasteiger partial charge in [0.25, 0.3) is 0 Å². The van der Waals surface area contributed by atoms with Crippen molar-refractivity contribution < 1.29 is 4.79 Å². The number of anilines is 2. The highest BCUT2D eigenvalue weighted by atomic mass is 16.2. The molecule has 0 radical (unpaired) electrons. The Bertz CT molecular complexity index is 1490. The van der Waals surface area contributed by atoms with Crippen LogP contribution in [-0.4, -0.2) is 26.0 Å². The minimum atomic E-state index is -0.328. The number of fused-ring (bicyclic) bond motifs is 1. The van der Waals surface area contributed by atoms with E-state index < -0.39 is 0 Å². The van der Waals surface area contributed by atoms with Crippen molar-refractivity contribution in [2.45, 2.75) is 13.8 Å². The van der Waals surface area contributed by atoms with Gasteiger partial charge in [0, 0.05) is 23.8 Å². The first-order chi connectivity index (χ1) is 16.6. The number of hydrogen-bond donors (Lipinski definition) is 2. The molecule has 3 heterocycles. The summed E-state index contributed by atoms with van der Waals surface area (Å²) < 4.78 is 0. The normalized spacial score (nSPS) is 10.8. The molecule has 0 unspecified atom stereocenters. The first-order valence-corrected chi connectivity index (χ1v) is 10.9. The molecule has 0 aliphatic heterocycles. The Morgan fingerprint density at radius 3 is 1.82 bits per heavy atom. The minimum absolute atomic E-state index is 0.328. The Balaban J connectivity index is 1.49. The highest BCUT2D eigenvalue weighted by molar-refractivity contribution is 6.01. The highest BCUT2D eigenvalue weighted by Gasteiger charge is 2.15. The van der Waals surface area contributed by atoms with Crippen LogP contribution < -0.4 is 10.6 Å². The molecule has 0 spiro atoms. The van der Waals surface area contributed by atoms with E-state index in [-0.39, 0.29) is 6.03 Å². The third-order valence-electron chi connectivity index (χ3n) is 5.50. The van der Waals surface area contributed by atoms with Crippen LogP contribution in [0.2, 0.25) is 0 Å². The van der Waals surface area contributed by atoms with E-state index in [1.165, 1.54) is 5.56 Å². The summed E-state index contributed by atoms with van der Waals surface area (Å²) in [6, 6.07) is 22.2. The molecule has 0 saturated carbocycles. The van der Waals surface area contributed by atoms with Crippen molar-refractivity contribution in [3.8, 4) is 22.8 Å². The minimum Gasteiger partial charge on any atom is -0.308 e. The molecule has 0 fully saturated rings. The third-order valence-corrected chi connectivity index (χ3v) is 5.50. The molecule has 0 aliphatic carbocycles. The van der Waals surface area contributed by atoms with Gasteiger partial charge in [0.15, 0.2) is 0 Å². The van der Waals surface area contributed by atoms with Crippen LogP contribution in [0.3, 0.4) is 0 Å². The van der Waals surface area contributed by atoms with E-state index in [9.17, 15) is 4.79 Å². The van der Waals surface area contributed by atoms with E-state index in [4.69, 9.17) is 9.97 Å². The summed E-state index contributed by atoms with van der Waals surface area (Å²) in [5.74, 6) is 0. The average Bonchev–Trinajstić information content (AvgIpc) is 2.86. The van der Waals surface area contributed by atoms with Crippen molar-refractivity contribution in [3.05, 3.63) is 96.3 Å². The van der Waals surface area contributed by atoms with E-state index >= 15 is 0 Å². The van der Waals surface area contributed by atoms with Crippen molar-refractivity contribution in [1.82, 2.24) is 19.9 Å². The predicted octanol–water partition coefficient (Wildman–Crippen LogP) is 6.01. The second-order valence-electron chi connectivity index (χ2n) is 7.93.